The molecule has 0 unspecified atom stereocenters. The van der Waals surface area contributed by atoms with Crippen molar-refractivity contribution in [3.05, 3.63) is 64.2 Å². The molecule has 132 valence electrons. The second-order valence-corrected chi connectivity index (χ2v) is 6.49. The number of rotatable bonds is 5. The molecule has 0 radical (unpaired) electrons. The molecule has 0 saturated heterocycles. The molecular weight excluding hydrogens is 316 g/mol. The number of carbonyl (C=O) groups excluding carboxylic acids is 1. The number of urea groups is 1. The molecule has 0 aliphatic heterocycles. The Hall–Kier alpha value is -2.82. The molecule has 0 aliphatic carbocycles. The Kier molecular flexibility index (Phi) is 5.80. The summed E-state index contributed by atoms with van der Waals surface area (Å²) in [5.41, 5.74) is 5.20. The van der Waals surface area contributed by atoms with Crippen LogP contribution in [0.5, 0.6) is 0 Å². The average Bonchev–Trinajstić information content (AvgIpc) is 2.56. The summed E-state index contributed by atoms with van der Waals surface area (Å²) in [5, 5.41) is 14.6. The minimum absolute atomic E-state index is 0.227. The Bertz CT molecular complexity index is 757. The van der Waals surface area contributed by atoms with E-state index in [-0.39, 0.29) is 11.6 Å². The van der Waals surface area contributed by atoms with Gasteiger partial charge in [0.1, 0.15) is 0 Å². The molecule has 2 aromatic rings. The summed E-state index contributed by atoms with van der Waals surface area (Å²) in [4.78, 5) is 23.0. The van der Waals surface area contributed by atoms with E-state index < -0.39 is 5.97 Å². The molecule has 0 heterocycles. The van der Waals surface area contributed by atoms with Crippen molar-refractivity contribution in [2.45, 2.75) is 40.2 Å². The maximum atomic E-state index is 12.2. The first-order valence-electron chi connectivity index (χ1n) is 8.26. The van der Waals surface area contributed by atoms with E-state index in [4.69, 9.17) is 5.11 Å². The quantitative estimate of drug-likeness (QED) is 0.752. The lowest BCUT2D eigenvalue weighted by Gasteiger charge is -2.16. The molecule has 0 aromatic heterocycles. The maximum Gasteiger partial charge on any atom is 0.335 e. The number of aromatic carboxylic acids is 1. The minimum Gasteiger partial charge on any atom is -0.478 e. The number of carboxylic acid groups (broad SMARTS) is 1. The zero-order valence-electron chi connectivity index (χ0n) is 15.0. The van der Waals surface area contributed by atoms with E-state index in [0.29, 0.717) is 12.5 Å². The normalized spacial score (nSPS) is 10.6. The number of amides is 2. The third-order valence-corrected chi connectivity index (χ3v) is 4.11. The van der Waals surface area contributed by atoms with Gasteiger partial charge in [0.05, 0.1) is 5.56 Å². The number of anilines is 1. The van der Waals surface area contributed by atoms with E-state index in [1.807, 2.05) is 13.8 Å². The molecule has 0 atom stereocenters. The van der Waals surface area contributed by atoms with Gasteiger partial charge in [-0.25, -0.2) is 9.59 Å². The fourth-order valence-electron chi connectivity index (χ4n) is 2.63. The van der Waals surface area contributed by atoms with Crippen LogP contribution in [0, 0.1) is 13.8 Å². The predicted octanol–water partition coefficient (Wildman–Crippen LogP) is 4.45. The van der Waals surface area contributed by atoms with Crippen LogP contribution < -0.4 is 10.6 Å². The van der Waals surface area contributed by atoms with Crippen LogP contribution in [0.15, 0.2) is 36.4 Å². The van der Waals surface area contributed by atoms with Gasteiger partial charge in [-0.2, -0.15) is 0 Å². The van der Waals surface area contributed by atoms with Gasteiger partial charge in [-0.15, -0.1) is 0 Å². The molecule has 0 aliphatic rings. The van der Waals surface area contributed by atoms with Crippen LogP contribution in [0.4, 0.5) is 10.5 Å². The monoisotopic (exact) mass is 340 g/mol. The van der Waals surface area contributed by atoms with E-state index in [1.54, 1.807) is 12.1 Å². The number of carboxylic acids is 1. The number of hydrogen-bond acceptors (Lipinski definition) is 2. The van der Waals surface area contributed by atoms with E-state index in [0.717, 1.165) is 22.4 Å². The van der Waals surface area contributed by atoms with Gasteiger partial charge in [-0.05, 0) is 54.2 Å². The van der Waals surface area contributed by atoms with Gasteiger partial charge in [0, 0.05) is 12.2 Å². The van der Waals surface area contributed by atoms with Crippen molar-refractivity contribution in [1.82, 2.24) is 5.32 Å². The first kappa shape index (κ1) is 18.5. The van der Waals surface area contributed by atoms with Crippen molar-refractivity contribution in [2.75, 3.05) is 5.32 Å². The highest BCUT2D eigenvalue weighted by molar-refractivity contribution is 5.91. The van der Waals surface area contributed by atoms with Crippen molar-refractivity contribution in [3.8, 4) is 0 Å². The predicted molar refractivity (Wildman–Crippen MR) is 99.3 cm³/mol. The number of carbonyl (C=O) groups is 2. The lowest BCUT2D eigenvalue weighted by Crippen LogP contribution is -2.28. The molecule has 0 spiro atoms. The van der Waals surface area contributed by atoms with Gasteiger partial charge in [-0.3, -0.25) is 0 Å². The standard InChI is InChI=1S/C20H24N2O3/c1-12(2)17-9-13(3)18(14(4)10-17)22-20(25)21-11-15-5-7-16(8-6-15)19(23)24/h5-10,12H,11H2,1-4H3,(H,23,24)(H2,21,22,25). The summed E-state index contributed by atoms with van der Waals surface area (Å²) in [6.07, 6.45) is 0. The van der Waals surface area contributed by atoms with Crippen molar-refractivity contribution >= 4 is 17.7 Å². The van der Waals surface area contributed by atoms with Gasteiger partial charge in [0.25, 0.3) is 0 Å². The van der Waals surface area contributed by atoms with Gasteiger partial charge >= 0.3 is 12.0 Å². The number of hydrogen-bond donors (Lipinski definition) is 3. The van der Waals surface area contributed by atoms with Crippen LogP contribution >= 0.6 is 0 Å². The topological polar surface area (TPSA) is 78.4 Å². The fourth-order valence-corrected chi connectivity index (χ4v) is 2.63. The van der Waals surface area contributed by atoms with Gasteiger partial charge < -0.3 is 15.7 Å². The molecule has 0 fully saturated rings. The largest absolute Gasteiger partial charge is 0.478 e. The Morgan fingerprint density at radius 3 is 2.08 bits per heavy atom. The molecule has 2 rings (SSSR count). The number of aryl methyl sites for hydroxylation is 2. The van der Waals surface area contributed by atoms with Gasteiger partial charge in [0.15, 0.2) is 0 Å². The highest BCUT2D eigenvalue weighted by Gasteiger charge is 2.10. The molecule has 3 N–H and O–H groups in total. The highest BCUT2D eigenvalue weighted by Crippen LogP contribution is 2.26. The lowest BCUT2D eigenvalue weighted by molar-refractivity contribution is 0.0697. The fraction of sp³-hybridized carbons (Fsp3) is 0.300. The van der Waals surface area contributed by atoms with Crippen LogP contribution in [-0.4, -0.2) is 17.1 Å². The molecule has 0 saturated carbocycles. The first-order chi connectivity index (χ1) is 11.8. The third-order valence-electron chi connectivity index (χ3n) is 4.11. The highest BCUT2D eigenvalue weighted by atomic mass is 16.4. The second kappa shape index (κ2) is 7.83. The maximum absolute atomic E-state index is 12.2. The molecule has 5 heteroatoms. The Labute approximate surface area is 148 Å². The number of nitrogens with one attached hydrogen (secondary N) is 2. The van der Waals surface area contributed by atoms with E-state index in [2.05, 4.69) is 36.6 Å². The van der Waals surface area contributed by atoms with Crippen molar-refractivity contribution in [2.24, 2.45) is 0 Å². The molecule has 2 aromatic carbocycles. The summed E-state index contributed by atoms with van der Waals surface area (Å²) in [5.74, 6) is -0.526. The summed E-state index contributed by atoms with van der Waals surface area (Å²) in [6.45, 7) is 8.58. The Balaban J connectivity index is 1.99. The van der Waals surface area contributed by atoms with Crippen molar-refractivity contribution < 1.29 is 14.7 Å². The lowest BCUT2D eigenvalue weighted by atomic mass is 9.97. The van der Waals surface area contributed by atoms with Gasteiger partial charge in [0.2, 0.25) is 0 Å². The minimum atomic E-state index is -0.965. The van der Waals surface area contributed by atoms with Crippen molar-refractivity contribution in [1.29, 1.82) is 0 Å². The summed E-state index contributed by atoms with van der Waals surface area (Å²) >= 11 is 0. The molecule has 5 nitrogen and oxygen atoms in total. The Morgan fingerprint density at radius 1 is 1.04 bits per heavy atom. The molecular formula is C20H24N2O3. The van der Waals surface area contributed by atoms with Crippen LogP contribution in [0.3, 0.4) is 0 Å². The second-order valence-electron chi connectivity index (χ2n) is 6.49. The van der Waals surface area contributed by atoms with Crippen molar-refractivity contribution in [3.63, 3.8) is 0 Å². The summed E-state index contributed by atoms with van der Waals surface area (Å²) < 4.78 is 0. The van der Waals surface area contributed by atoms with Crippen LogP contribution in [0.25, 0.3) is 0 Å². The summed E-state index contributed by atoms with van der Waals surface area (Å²) in [7, 11) is 0. The SMILES string of the molecule is Cc1cc(C(C)C)cc(C)c1NC(=O)NCc1ccc(C(=O)O)cc1. The van der Waals surface area contributed by atoms with E-state index in [9.17, 15) is 9.59 Å². The summed E-state index contributed by atoms with van der Waals surface area (Å²) in [6, 6.07) is 10.3. The molecule has 25 heavy (non-hydrogen) atoms. The van der Waals surface area contributed by atoms with Crippen LogP contribution in [-0.2, 0) is 6.54 Å². The zero-order valence-corrected chi connectivity index (χ0v) is 15.0. The third kappa shape index (κ3) is 4.83. The average molecular weight is 340 g/mol. The van der Waals surface area contributed by atoms with E-state index >= 15 is 0 Å². The van der Waals surface area contributed by atoms with E-state index in [1.165, 1.54) is 17.7 Å². The smallest absolute Gasteiger partial charge is 0.335 e. The molecule has 2 amide bonds. The zero-order chi connectivity index (χ0) is 18.6. The van der Waals surface area contributed by atoms with Crippen LogP contribution in [0.1, 0.15) is 52.4 Å². The van der Waals surface area contributed by atoms with Crippen LogP contribution in [0.2, 0.25) is 0 Å². The van der Waals surface area contributed by atoms with Gasteiger partial charge in [-0.1, -0.05) is 38.1 Å². The Morgan fingerprint density at radius 2 is 1.60 bits per heavy atom. The number of benzene rings is 2. The molecule has 0 bridgehead atoms. The first-order valence-corrected chi connectivity index (χ1v) is 8.26.